The molecule has 14 heavy (non-hydrogen) atoms. The SMILES string of the molecule is CCC(NC)c1ccc(N(C)C)cn1. The zero-order valence-corrected chi connectivity index (χ0v) is 9.41. The van der Waals surface area contributed by atoms with Crippen LogP contribution in [0, 0.1) is 0 Å². The molecule has 3 nitrogen and oxygen atoms in total. The normalized spacial score (nSPS) is 12.6. The van der Waals surface area contributed by atoms with E-state index in [1.165, 1.54) is 0 Å². The Kier molecular flexibility index (Phi) is 3.89. The van der Waals surface area contributed by atoms with Crippen molar-refractivity contribution in [1.29, 1.82) is 0 Å². The van der Waals surface area contributed by atoms with Gasteiger partial charge in [0.25, 0.3) is 0 Å². The van der Waals surface area contributed by atoms with E-state index in [1.54, 1.807) is 0 Å². The van der Waals surface area contributed by atoms with Gasteiger partial charge in [0.2, 0.25) is 0 Å². The highest BCUT2D eigenvalue weighted by Crippen LogP contribution is 2.16. The Labute approximate surface area is 86.2 Å². The number of rotatable bonds is 4. The first-order valence-electron chi connectivity index (χ1n) is 4.99. The molecule has 0 radical (unpaired) electrons. The van der Waals surface area contributed by atoms with Crippen LogP contribution >= 0.6 is 0 Å². The molecule has 1 aromatic heterocycles. The molecule has 0 aromatic carbocycles. The maximum Gasteiger partial charge on any atom is 0.0574 e. The average molecular weight is 193 g/mol. The van der Waals surface area contributed by atoms with Crippen LogP contribution in [-0.2, 0) is 0 Å². The van der Waals surface area contributed by atoms with Gasteiger partial charge in [0.05, 0.1) is 17.6 Å². The predicted octanol–water partition coefficient (Wildman–Crippen LogP) is 1.82. The minimum atomic E-state index is 0.367. The molecule has 0 aliphatic rings. The molecule has 0 spiro atoms. The van der Waals surface area contributed by atoms with Crippen LogP contribution < -0.4 is 10.2 Å². The van der Waals surface area contributed by atoms with Crippen LogP contribution in [0.15, 0.2) is 18.3 Å². The zero-order chi connectivity index (χ0) is 10.6. The lowest BCUT2D eigenvalue weighted by atomic mass is 10.1. The second-order valence-corrected chi connectivity index (χ2v) is 3.59. The molecule has 1 atom stereocenters. The van der Waals surface area contributed by atoms with Gasteiger partial charge in [-0.2, -0.15) is 0 Å². The van der Waals surface area contributed by atoms with Crippen LogP contribution in [0.2, 0.25) is 0 Å². The molecule has 78 valence electrons. The molecule has 0 fully saturated rings. The van der Waals surface area contributed by atoms with Gasteiger partial charge in [-0.25, -0.2) is 0 Å². The maximum absolute atomic E-state index is 4.44. The third kappa shape index (κ3) is 2.45. The van der Waals surface area contributed by atoms with Crippen molar-refractivity contribution in [3.63, 3.8) is 0 Å². The Morgan fingerprint density at radius 3 is 2.50 bits per heavy atom. The maximum atomic E-state index is 4.44. The third-order valence-electron chi connectivity index (χ3n) is 2.40. The van der Waals surface area contributed by atoms with E-state index in [2.05, 4.69) is 34.3 Å². The first kappa shape index (κ1) is 11.0. The van der Waals surface area contributed by atoms with Crippen molar-refractivity contribution in [2.45, 2.75) is 19.4 Å². The summed E-state index contributed by atoms with van der Waals surface area (Å²) in [5.74, 6) is 0. The second-order valence-electron chi connectivity index (χ2n) is 3.59. The number of nitrogens with zero attached hydrogens (tertiary/aromatic N) is 2. The molecule has 0 aliphatic heterocycles. The summed E-state index contributed by atoms with van der Waals surface area (Å²) >= 11 is 0. The first-order chi connectivity index (χ1) is 6.69. The second kappa shape index (κ2) is 4.96. The molecule has 1 unspecified atom stereocenters. The van der Waals surface area contributed by atoms with Gasteiger partial charge >= 0.3 is 0 Å². The lowest BCUT2D eigenvalue weighted by Gasteiger charge is -2.16. The van der Waals surface area contributed by atoms with Crippen LogP contribution in [0.1, 0.15) is 25.1 Å². The van der Waals surface area contributed by atoms with Gasteiger partial charge in [0, 0.05) is 20.1 Å². The smallest absolute Gasteiger partial charge is 0.0574 e. The molecule has 0 bridgehead atoms. The van der Waals surface area contributed by atoms with Gasteiger partial charge in [-0.15, -0.1) is 0 Å². The number of nitrogens with one attached hydrogen (secondary N) is 1. The lowest BCUT2D eigenvalue weighted by Crippen LogP contribution is -2.17. The summed E-state index contributed by atoms with van der Waals surface area (Å²) in [7, 11) is 6.01. The number of pyridine rings is 1. The van der Waals surface area contributed by atoms with E-state index in [1.807, 2.05) is 27.3 Å². The molecule has 1 heterocycles. The summed E-state index contributed by atoms with van der Waals surface area (Å²) in [6, 6.07) is 4.55. The molecular formula is C11H19N3. The van der Waals surface area contributed by atoms with E-state index in [0.717, 1.165) is 17.8 Å². The molecule has 1 aromatic rings. The molecule has 0 aliphatic carbocycles. The molecule has 1 rings (SSSR count). The predicted molar refractivity (Wildman–Crippen MR) is 60.7 cm³/mol. The molecule has 0 saturated carbocycles. The van der Waals surface area contributed by atoms with Gasteiger partial charge in [-0.1, -0.05) is 6.92 Å². The van der Waals surface area contributed by atoms with Gasteiger partial charge in [0.1, 0.15) is 0 Å². The highest BCUT2D eigenvalue weighted by molar-refractivity contribution is 5.42. The minimum Gasteiger partial charge on any atom is -0.376 e. The number of aromatic nitrogens is 1. The summed E-state index contributed by atoms with van der Waals surface area (Å²) in [6.07, 6.45) is 2.97. The lowest BCUT2D eigenvalue weighted by molar-refractivity contribution is 0.561. The van der Waals surface area contributed by atoms with E-state index < -0.39 is 0 Å². The number of hydrogen-bond acceptors (Lipinski definition) is 3. The largest absolute Gasteiger partial charge is 0.376 e. The van der Waals surface area contributed by atoms with Crippen molar-refractivity contribution in [2.24, 2.45) is 0 Å². The van der Waals surface area contributed by atoms with Crippen molar-refractivity contribution < 1.29 is 0 Å². The Balaban J connectivity index is 2.81. The van der Waals surface area contributed by atoms with Crippen LogP contribution in [0.5, 0.6) is 0 Å². The summed E-state index contributed by atoms with van der Waals surface area (Å²) in [5.41, 5.74) is 2.25. The van der Waals surface area contributed by atoms with Crippen LogP contribution in [-0.4, -0.2) is 26.1 Å². The summed E-state index contributed by atoms with van der Waals surface area (Å²) < 4.78 is 0. The van der Waals surface area contributed by atoms with E-state index in [4.69, 9.17) is 0 Å². The van der Waals surface area contributed by atoms with E-state index in [9.17, 15) is 0 Å². The van der Waals surface area contributed by atoms with Gasteiger partial charge in [-0.3, -0.25) is 4.98 Å². The Hall–Kier alpha value is -1.09. The van der Waals surface area contributed by atoms with Gasteiger partial charge in [0.15, 0.2) is 0 Å². The Morgan fingerprint density at radius 1 is 1.43 bits per heavy atom. The van der Waals surface area contributed by atoms with E-state index in [0.29, 0.717) is 6.04 Å². The van der Waals surface area contributed by atoms with Crippen LogP contribution in [0.3, 0.4) is 0 Å². The average Bonchev–Trinajstić information content (AvgIpc) is 2.20. The fraction of sp³-hybridized carbons (Fsp3) is 0.545. The van der Waals surface area contributed by atoms with Gasteiger partial charge < -0.3 is 10.2 Å². The molecule has 0 saturated heterocycles. The topological polar surface area (TPSA) is 28.2 Å². The van der Waals surface area contributed by atoms with Crippen LogP contribution in [0.25, 0.3) is 0 Å². The van der Waals surface area contributed by atoms with E-state index in [-0.39, 0.29) is 0 Å². The Morgan fingerprint density at radius 2 is 2.14 bits per heavy atom. The van der Waals surface area contributed by atoms with Crippen molar-refractivity contribution in [2.75, 3.05) is 26.0 Å². The summed E-state index contributed by atoms with van der Waals surface area (Å²) in [6.45, 7) is 2.16. The molecule has 0 amide bonds. The third-order valence-corrected chi connectivity index (χ3v) is 2.40. The molecule has 3 heteroatoms. The summed E-state index contributed by atoms with van der Waals surface area (Å²) in [4.78, 5) is 6.49. The van der Waals surface area contributed by atoms with Crippen molar-refractivity contribution in [1.82, 2.24) is 10.3 Å². The van der Waals surface area contributed by atoms with Gasteiger partial charge in [-0.05, 0) is 25.6 Å². The monoisotopic (exact) mass is 193 g/mol. The van der Waals surface area contributed by atoms with Crippen LogP contribution in [0.4, 0.5) is 5.69 Å². The standard InChI is InChI=1S/C11H19N3/c1-5-10(12-2)11-7-6-9(8-13-11)14(3)4/h6-8,10,12H,5H2,1-4H3. The fourth-order valence-electron chi connectivity index (χ4n) is 1.43. The van der Waals surface area contributed by atoms with Crippen molar-refractivity contribution in [3.8, 4) is 0 Å². The Bertz CT molecular complexity index is 262. The minimum absolute atomic E-state index is 0.367. The summed E-state index contributed by atoms with van der Waals surface area (Å²) in [5, 5.41) is 3.24. The zero-order valence-electron chi connectivity index (χ0n) is 9.41. The number of hydrogen-bond donors (Lipinski definition) is 1. The van der Waals surface area contributed by atoms with Crippen molar-refractivity contribution >= 4 is 5.69 Å². The quantitative estimate of drug-likeness (QED) is 0.790. The number of anilines is 1. The van der Waals surface area contributed by atoms with Crippen molar-refractivity contribution in [3.05, 3.63) is 24.0 Å². The highest BCUT2D eigenvalue weighted by Gasteiger charge is 2.07. The first-order valence-corrected chi connectivity index (χ1v) is 4.99. The molecule has 1 N–H and O–H groups in total. The van der Waals surface area contributed by atoms with E-state index >= 15 is 0 Å². The fourth-order valence-corrected chi connectivity index (χ4v) is 1.43. The molecular weight excluding hydrogens is 174 g/mol. The highest BCUT2D eigenvalue weighted by atomic mass is 15.1.